The Labute approximate surface area is 194 Å². The minimum atomic E-state index is -0.211. The standard InChI is InChI=1S/C24H24N4O2S2/c1-3-18(16-10-6-5-7-11-16)23(30)26-19-12-8-9-13-20(19)31-15-17-14-22(29)28-24(25-17)32-21(4-2)27-28/h5-14,18H,3-4,15H2,1-2H3,(H,26,30)/t18-/m0/s1. The van der Waals surface area contributed by atoms with Crippen LogP contribution in [0.5, 0.6) is 0 Å². The van der Waals surface area contributed by atoms with Crippen molar-refractivity contribution in [3.05, 3.63) is 87.3 Å². The summed E-state index contributed by atoms with van der Waals surface area (Å²) in [5, 5.41) is 8.27. The number of carbonyl (C=O) groups is 1. The molecule has 164 valence electrons. The van der Waals surface area contributed by atoms with Crippen molar-refractivity contribution in [3.63, 3.8) is 0 Å². The van der Waals surface area contributed by atoms with Gasteiger partial charge in [0.2, 0.25) is 10.9 Å². The van der Waals surface area contributed by atoms with Gasteiger partial charge in [-0.3, -0.25) is 9.59 Å². The fourth-order valence-corrected chi connectivity index (χ4v) is 5.20. The van der Waals surface area contributed by atoms with Gasteiger partial charge >= 0.3 is 0 Å². The lowest BCUT2D eigenvalue weighted by Gasteiger charge is -2.17. The van der Waals surface area contributed by atoms with E-state index in [0.717, 1.165) is 27.6 Å². The van der Waals surface area contributed by atoms with E-state index in [1.807, 2.05) is 68.4 Å². The number of nitrogens with zero attached hydrogens (tertiary/aromatic N) is 3. The zero-order valence-corrected chi connectivity index (χ0v) is 19.6. The maximum Gasteiger partial charge on any atom is 0.275 e. The van der Waals surface area contributed by atoms with Crippen molar-refractivity contribution in [1.82, 2.24) is 14.6 Å². The summed E-state index contributed by atoms with van der Waals surface area (Å²) >= 11 is 2.98. The van der Waals surface area contributed by atoms with E-state index in [0.29, 0.717) is 22.8 Å². The first kappa shape index (κ1) is 22.2. The van der Waals surface area contributed by atoms with E-state index in [1.165, 1.54) is 21.9 Å². The largest absolute Gasteiger partial charge is 0.325 e. The summed E-state index contributed by atoms with van der Waals surface area (Å²) < 4.78 is 1.36. The van der Waals surface area contributed by atoms with E-state index in [1.54, 1.807) is 11.8 Å². The molecule has 1 N–H and O–H groups in total. The van der Waals surface area contributed by atoms with Crippen molar-refractivity contribution < 1.29 is 4.79 Å². The SMILES string of the molecule is CCc1nn2c(=O)cc(CSc3ccccc3NC(=O)[C@@H](CC)c3ccccc3)nc2s1. The number of anilines is 1. The lowest BCUT2D eigenvalue weighted by molar-refractivity contribution is -0.117. The summed E-state index contributed by atoms with van der Waals surface area (Å²) in [6.07, 6.45) is 1.49. The Kier molecular flexibility index (Phi) is 7.02. The highest BCUT2D eigenvalue weighted by atomic mass is 32.2. The molecule has 0 fully saturated rings. The fraction of sp³-hybridized carbons (Fsp3) is 0.250. The lowest BCUT2D eigenvalue weighted by Crippen LogP contribution is -2.21. The number of rotatable bonds is 8. The molecular formula is C24H24N4O2S2. The van der Waals surface area contributed by atoms with Crippen LogP contribution in [0.25, 0.3) is 4.96 Å². The molecule has 4 rings (SSSR count). The Balaban J connectivity index is 1.51. The topological polar surface area (TPSA) is 76.4 Å². The van der Waals surface area contributed by atoms with Crippen molar-refractivity contribution in [2.75, 3.05) is 5.32 Å². The first-order chi connectivity index (χ1) is 15.6. The highest BCUT2D eigenvalue weighted by Crippen LogP contribution is 2.31. The highest BCUT2D eigenvalue weighted by molar-refractivity contribution is 7.98. The van der Waals surface area contributed by atoms with Gasteiger partial charge in [0.25, 0.3) is 5.56 Å². The molecule has 32 heavy (non-hydrogen) atoms. The van der Waals surface area contributed by atoms with Crippen LogP contribution in [0.4, 0.5) is 5.69 Å². The molecule has 6 nitrogen and oxygen atoms in total. The van der Waals surface area contributed by atoms with Crippen LogP contribution in [0, 0.1) is 0 Å². The third-order valence-corrected chi connectivity index (χ3v) is 7.25. The third-order valence-electron chi connectivity index (χ3n) is 5.09. The molecule has 1 atom stereocenters. The van der Waals surface area contributed by atoms with Crippen molar-refractivity contribution in [3.8, 4) is 0 Å². The van der Waals surface area contributed by atoms with E-state index >= 15 is 0 Å². The lowest BCUT2D eigenvalue weighted by atomic mass is 9.95. The van der Waals surface area contributed by atoms with Crippen LogP contribution >= 0.6 is 23.1 Å². The van der Waals surface area contributed by atoms with Crippen molar-refractivity contribution >= 4 is 39.7 Å². The molecule has 8 heteroatoms. The van der Waals surface area contributed by atoms with Crippen LogP contribution in [-0.4, -0.2) is 20.5 Å². The van der Waals surface area contributed by atoms with E-state index in [4.69, 9.17) is 0 Å². The van der Waals surface area contributed by atoms with Crippen LogP contribution in [-0.2, 0) is 17.0 Å². The van der Waals surface area contributed by atoms with Gasteiger partial charge in [0.05, 0.1) is 17.3 Å². The molecule has 1 amide bonds. The number of amides is 1. The molecule has 0 aliphatic heterocycles. The van der Waals surface area contributed by atoms with E-state index in [-0.39, 0.29) is 17.4 Å². The van der Waals surface area contributed by atoms with Crippen LogP contribution < -0.4 is 10.9 Å². The zero-order chi connectivity index (χ0) is 22.5. The fourth-order valence-electron chi connectivity index (χ4n) is 3.44. The monoisotopic (exact) mass is 464 g/mol. The van der Waals surface area contributed by atoms with Gasteiger partial charge in [0.15, 0.2) is 0 Å². The van der Waals surface area contributed by atoms with Crippen LogP contribution in [0.2, 0.25) is 0 Å². The van der Waals surface area contributed by atoms with Gasteiger partial charge in [-0.05, 0) is 30.5 Å². The van der Waals surface area contributed by atoms with Crippen molar-refractivity contribution in [2.24, 2.45) is 0 Å². The van der Waals surface area contributed by atoms with Gasteiger partial charge < -0.3 is 5.32 Å². The van der Waals surface area contributed by atoms with Crippen LogP contribution in [0.1, 0.15) is 42.5 Å². The average molecular weight is 465 g/mol. The average Bonchev–Trinajstić information content (AvgIpc) is 3.24. The number of nitrogens with one attached hydrogen (secondary N) is 1. The number of hydrogen-bond donors (Lipinski definition) is 1. The zero-order valence-electron chi connectivity index (χ0n) is 17.9. The van der Waals surface area contributed by atoms with Crippen molar-refractivity contribution in [2.45, 2.75) is 43.3 Å². The van der Waals surface area contributed by atoms with Gasteiger partial charge in [0, 0.05) is 16.7 Å². The molecule has 0 saturated heterocycles. The van der Waals surface area contributed by atoms with Crippen molar-refractivity contribution in [1.29, 1.82) is 0 Å². The highest BCUT2D eigenvalue weighted by Gasteiger charge is 2.19. The molecule has 4 aromatic rings. The first-order valence-electron chi connectivity index (χ1n) is 10.5. The molecule has 2 heterocycles. The number of benzene rings is 2. The molecule has 2 aromatic heterocycles. The Bertz CT molecular complexity index is 1280. The Morgan fingerprint density at radius 2 is 1.88 bits per heavy atom. The Hall–Kier alpha value is -2.97. The minimum absolute atomic E-state index is 0.0266. The van der Waals surface area contributed by atoms with Crippen LogP contribution in [0.3, 0.4) is 0 Å². The smallest absolute Gasteiger partial charge is 0.275 e. The van der Waals surface area contributed by atoms with E-state index in [9.17, 15) is 9.59 Å². The van der Waals surface area contributed by atoms with Gasteiger partial charge in [0.1, 0.15) is 5.01 Å². The Morgan fingerprint density at radius 1 is 1.12 bits per heavy atom. The predicted octanol–water partition coefficient (Wildman–Crippen LogP) is 5.14. The molecule has 0 radical (unpaired) electrons. The molecule has 2 aromatic carbocycles. The quantitative estimate of drug-likeness (QED) is 0.366. The Morgan fingerprint density at radius 3 is 2.62 bits per heavy atom. The molecule has 0 aliphatic carbocycles. The number of fused-ring (bicyclic) bond motifs is 1. The second-order valence-corrected chi connectivity index (χ2v) is 9.33. The maximum atomic E-state index is 13.0. The second kappa shape index (κ2) is 10.1. The number of aryl methyl sites for hydroxylation is 1. The molecule has 0 unspecified atom stereocenters. The molecule has 0 spiro atoms. The minimum Gasteiger partial charge on any atom is -0.325 e. The third kappa shape index (κ3) is 4.92. The van der Waals surface area contributed by atoms with Gasteiger partial charge in [-0.2, -0.15) is 9.61 Å². The normalized spacial score (nSPS) is 12.1. The number of aromatic nitrogens is 3. The van der Waals surface area contributed by atoms with Gasteiger partial charge in [-0.1, -0.05) is 67.6 Å². The van der Waals surface area contributed by atoms with Gasteiger partial charge in [-0.15, -0.1) is 11.8 Å². The van der Waals surface area contributed by atoms with Crippen LogP contribution in [0.15, 0.2) is 70.4 Å². The maximum absolute atomic E-state index is 13.0. The number of thioether (sulfide) groups is 1. The number of hydrogen-bond acceptors (Lipinski definition) is 6. The summed E-state index contributed by atoms with van der Waals surface area (Å²) in [5.41, 5.74) is 2.30. The van der Waals surface area contributed by atoms with E-state index in [2.05, 4.69) is 15.4 Å². The van der Waals surface area contributed by atoms with E-state index < -0.39 is 0 Å². The molecular weight excluding hydrogens is 440 g/mol. The summed E-state index contributed by atoms with van der Waals surface area (Å²) in [4.78, 5) is 31.6. The summed E-state index contributed by atoms with van der Waals surface area (Å²) in [5.74, 6) is 0.284. The number of para-hydroxylation sites is 1. The first-order valence-corrected chi connectivity index (χ1v) is 12.4. The summed E-state index contributed by atoms with van der Waals surface area (Å²) in [6.45, 7) is 4.02. The second-order valence-electron chi connectivity index (χ2n) is 7.28. The molecule has 0 bridgehead atoms. The summed E-state index contributed by atoms with van der Waals surface area (Å²) in [7, 11) is 0. The molecule has 0 aliphatic rings. The number of carbonyl (C=O) groups excluding carboxylic acids is 1. The molecule has 0 saturated carbocycles. The predicted molar refractivity (Wildman–Crippen MR) is 131 cm³/mol. The van der Waals surface area contributed by atoms with Gasteiger partial charge in [-0.25, -0.2) is 4.98 Å². The summed E-state index contributed by atoms with van der Waals surface area (Å²) in [6, 6.07) is 19.1.